The molecule has 118 valence electrons. The molecule has 2 N–H and O–H groups in total. The highest BCUT2D eigenvalue weighted by atomic mass is 32.2. The van der Waals surface area contributed by atoms with Crippen molar-refractivity contribution in [3.8, 4) is 11.5 Å². The minimum atomic E-state index is -3.94. The molecular formula is C13H19NO6S. The van der Waals surface area contributed by atoms with Crippen molar-refractivity contribution in [3.05, 3.63) is 17.7 Å². The number of hydrogen-bond acceptors (Lipinski definition) is 5. The maximum absolute atomic E-state index is 12.4. The summed E-state index contributed by atoms with van der Waals surface area (Å²) < 4.78 is 37.2. The van der Waals surface area contributed by atoms with E-state index < -0.39 is 21.5 Å². The molecule has 0 radical (unpaired) electrons. The Labute approximate surface area is 123 Å². The van der Waals surface area contributed by atoms with E-state index in [-0.39, 0.29) is 22.0 Å². The third-order valence-electron chi connectivity index (χ3n) is 2.45. The molecule has 1 aromatic carbocycles. The van der Waals surface area contributed by atoms with Gasteiger partial charge in [-0.1, -0.05) is 0 Å². The number of sulfonamides is 1. The predicted molar refractivity (Wildman–Crippen MR) is 76.6 cm³/mol. The summed E-state index contributed by atoms with van der Waals surface area (Å²) in [6.45, 7) is 5.04. The van der Waals surface area contributed by atoms with Crippen molar-refractivity contribution in [2.24, 2.45) is 0 Å². The van der Waals surface area contributed by atoms with Gasteiger partial charge in [-0.3, -0.25) is 0 Å². The Hall–Kier alpha value is -1.80. The first-order valence-electron chi connectivity index (χ1n) is 6.05. The molecule has 0 bridgehead atoms. The highest BCUT2D eigenvalue weighted by molar-refractivity contribution is 7.89. The van der Waals surface area contributed by atoms with Crippen molar-refractivity contribution < 1.29 is 27.8 Å². The van der Waals surface area contributed by atoms with E-state index in [4.69, 9.17) is 14.6 Å². The quantitative estimate of drug-likeness (QED) is 0.853. The van der Waals surface area contributed by atoms with Gasteiger partial charge in [0.25, 0.3) is 0 Å². The van der Waals surface area contributed by atoms with Crippen LogP contribution >= 0.6 is 0 Å². The Balaban J connectivity index is 3.55. The molecule has 0 atom stereocenters. The molecule has 0 fully saturated rings. The fraction of sp³-hybridized carbons (Fsp3) is 0.462. The van der Waals surface area contributed by atoms with E-state index in [0.717, 1.165) is 6.07 Å². The van der Waals surface area contributed by atoms with E-state index >= 15 is 0 Å². The zero-order valence-corrected chi connectivity index (χ0v) is 13.4. The van der Waals surface area contributed by atoms with E-state index in [9.17, 15) is 13.2 Å². The number of carboxylic acids is 1. The van der Waals surface area contributed by atoms with Crippen molar-refractivity contribution >= 4 is 16.0 Å². The lowest BCUT2D eigenvalue weighted by atomic mass is 10.1. The van der Waals surface area contributed by atoms with Crippen LogP contribution in [0.15, 0.2) is 17.0 Å². The highest BCUT2D eigenvalue weighted by Gasteiger charge is 2.28. The molecule has 8 heteroatoms. The number of carbonyl (C=O) groups is 1. The largest absolute Gasteiger partial charge is 0.496 e. The molecule has 0 amide bonds. The van der Waals surface area contributed by atoms with Gasteiger partial charge < -0.3 is 14.6 Å². The van der Waals surface area contributed by atoms with Gasteiger partial charge in [0.05, 0.1) is 14.2 Å². The first-order valence-corrected chi connectivity index (χ1v) is 7.53. The molecule has 7 nitrogen and oxygen atoms in total. The number of methoxy groups -OCH3 is 2. The topological polar surface area (TPSA) is 102 Å². The zero-order valence-electron chi connectivity index (χ0n) is 12.6. The summed E-state index contributed by atoms with van der Waals surface area (Å²) in [5.41, 5.74) is -0.972. The Morgan fingerprint density at radius 3 is 2.05 bits per heavy atom. The molecule has 0 spiro atoms. The van der Waals surface area contributed by atoms with Crippen LogP contribution in [0, 0.1) is 0 Å². The number of hydrogen-bond donors (Lipinski definition) is 2. The van der Waals surface area contributed by atoms with E-state index in [1.807, 2.05) is 0 Å². The number of benzene rings is 1. The molecule has 1 rings (SSSR count). The normalized spacial score (nSPS) is 12.0. The van der Waals surface area contributed by atoms with Crippen molar-refractivity contribution in [3.63, 3.8) is 0 Å². The highest BCUT2D eigenvalue weighted by Crippen LogP contribution is 2.32. The Bertz CT molecular complexity index is 645. The van der Waals surface area contributed by atoms with Crippen LogP contribution in [0.25, 0.3) is 0 Å². The summed E-state index contributed by atoms with van der Waals surface area (Å²) in [7, 11) is -1.34. The summed E-state index contributed by atoms with van der Waals surface area (Å²) in [5, 5.41) is 9.15. The Kier molecular flexibility index (Phi) is 4.85. The average Bonchev–Trinajstić information content (AvgIpc) is 2.33. The number of ether oxygens (including phenoxy) is 2. The van der Waals surface area contributed by atoms with Gasteiger partial charge in [-0.2, -0.15) is 0 Å². The SMILES string of the molecule is COc1cc(OC)c(S(=O)(=O)NC(C)(C)C)cc1C(=O)O. The van der Waals surface area contributed by atoms with Gasteiger partial charge in [-0.25, -0.2) is 17.9 Å². The van der Waals surface area contributed by atoms with Crippen LogP contribution < -0.4 is 14.2 Å². The van der Waals surface area contributed by atoms with Crippen LogP contribution in [0.4, 0.5) is 0 Å². The third kappa shape index (κ3) is 4.08. The van der Waals surface area contributed by atoms with Crippen molar-refractivity contribution in [1.82, 2.24) is 4.72 Å². The molecule has 0 aromatic heterocycles. The number of carboxylic acid groups (broad SMARTS) is 1. The first-order chi connectivity index (χ1) is 9.51. The maximum Gasteiger partial charge on any atom is 0.339 e. The van der Waals surface area contributed by atoms with E-state index in [1.165, 1.54) is 20.3 Å². The lowest BCUT2D eigenvalue weighted by Crippen LogP contribution is -2.40. The monoisotopic (exact) mass is 317 g/mol. The van der Waals surface area contributed by atoms with Gasteiger partial charge in [0.2, 0.25) is 10.0 Å². The second-order valence-electron chi connectivity index (χ2n) is 5.36. The standard InChI is InChI=1S/C13H19NO6S/c1-13(2,3)14-21(17,18)11-6-8(12(15)16)9(19-4)7-10(11)20-5/h6-7,14H,1-5H3,(H,15,16). The molecular weight excluding hydrogens is 298 g/mol. The number of nitrogens with one attached hydrogen (secondary N) is 1. The van der Waals surface area contributed by atoms with Crippen LogP contribution in [-0.2, 0) is 10.0 Å². The number of rotatable bonds is 5. The second kappa shape index (κ2) is 5.90. The summed E-state index contributed by atoms with van der Waals surface area (Å²) in [6, 6.07) is 2.26. The fourth-order valence-corrected chi connectivity index (χ4v) is 3.30. The van der Waals surface area contributed by atoms with Crippen LogP contribution in [-0.4, -0.2) is 39.3 Å². The predicted octanol–water partition coefficient (Wildman–Crippen LogP) is 1.48. The molecule has 0 heterocycles. The van der Waals surface area contributed by atoms with Crippen LogP contribution in [0.5, 0.6) is 11.5 Å². The molecule has 21 heavy (non-hydrogen) atoms. The van der Waals surface area contributed by atoms with Crippen molar-refractivity contribution in [1.29, 1.82) is 0 Å². The lowest BCUT2D eigenvalue weighted by Gasteiger charge is -2.21. The first kappa shape index (κ1) is 17.3. The van der Waals surface area contributed by atoms with Gasteiger partial charge >= 0.3 is 5.97 Å². The summed E-state index contributed by atoms with van der Waals surface area (Å²) in [5.74, 6) is -1.26. The molecule has 0 aliphatic rings. The van der Waals surface area contributed by atoms with Gasteiger partial charge in [0.15, 0.2) is 0 Å². The van der Waals surface area contributed by atoms with Crippen molar-refractivity contribution in [2.75, 3.05) is 14.2 Å². The second-order valence-corrected chi connectivity index (χ2v) is 7.01. The average molecular weight is 317 g/mol. The summed E-state index contributed by atoms with van der Waals surface area (Å²) in [6.07, 6.45) is 0. The lowest BCUT2D eigenvalue weighted by molar-refractivity contribution is 0.0693. The molecule has 0 aliphatic carbocycles. The van der Waals surface area contributed by atoms with E-state index in [1.54, 1.807) is 20.8 Å². The van der Waals surface area contributed by atoms with Crippen LogP contribution in [0.3, 0.4) is 0 Å². The molecule has 0 saturated heterocycles. The van der Waals surface area contributed by atoms with E-state index in [0.29, 0.717) is 0 Å². The molecule has 0 aliphatic heterocycles. The smallest absolute Gasteiger partial charge is 0.339 e. The minimum Gasteiger partial charge on any atom is -0.496 e. The Morgan fingerprint density at radius 1 is 1.14 bits per heavy atom. The number of aromatic carboxylic acids is 1. The summed E-state index contributed by atoms with van der Waals surface area (Å²) >= 11 is 0. The summed E-state index contributed by atoms with van der Waals surface area (Å²) in [4.78, 5) is 11.0. The fourth-order valence-electron chi connectivity index (χ4n) is 1.70. The van der Waals surface area contributed by atoms with Crippen LogP contribution in [0.2, 0.25) is 0 Å². The van der Waals surface area contributed by atoms with Crippen molar-refractivity contribution in [2.45, 2.75) is 31.2 Å². The van der Waals surface area contributed by atoms with E-state index in [2.05, 4.69) is 4.72 Å². The van der Waals surface area contributed by atoms with Gasteiger partial charge in [0.1, 0.15) is 22.0 Å². The minimum absolute atomic E-state index is 0.00796. The molecule has 1 aromatic rings. The van der Waals surface area contributed by atoms with Gasteiger partial charge in [-0.15, -0.1) is 0 Å². The van der Waals surface area contributed by atoms with Gasteiger partial charge in [0, 0.05) is 11.6 Å². The third-order valence-corrected chi connectivity index (χ3v) is 4.23. The van der Waals surface area contributed by atoms with Crippen LogP contribution in [0.1, 0.15) is 31.1 Å². The Morgan fingerprint density at radius 2 is 1.67 bits per heavy atom. The molecule has 0 saturated carbocycles. The van der Waals surface area contributed by atoms with Gasteiger partial charge in [-0.05, 0) is 26.8 Å². The maximum atomic E-state index is 12.4. The molecule has 0 unspecified atom stereocenters. The zero-order chi connectivity index (χ0) is 16.4.